The van der Waals surface area contributed by atoms with Crippen LogP contribution in [-0.4, -0.2) is 66.9 Å². The molecule has 0 radical (unpaired) electrons. The molecule has 3 saturated heterocycles. The van der Waals surface area contributed by atoms with Crippen LogP contribution in [0, 0.1) is 0 Å². The summed E-state index contributed by atoms with van der Waals surface area (Å²) in [6.07, 6.45) is 7.36. The number of ether oxygens (including phenoxy) is 2. The van der Waals surface area contributed by atoms with E-state index in [9.17, 15) is 4.79 Å². The monoisotopic (exact) mass is 331 g/mol. The highest BCUT2D eigenvalue weighted by atomic mass is 16.5. The van der Waals surface area contributed by atoms with Gasteiger partial charge in [-0.1, -0.05) is 0 Å². The number of amides is 1. The van der Waals surface area contributed by atoms with Crippen molar-refractivity contribution in [2.45, 2.75) is 37.4 Å². The molecule has 1 spiro atoms. The third-order valence-electron chi connectivity index (χ3n) is 5.32. The van der Waals surface area contributed by atoms with E-state index in [-0.39, 0.29) is 17.6 Å². The van der Waals surface area contributed by atoms with Gasteiger partial charge < -0.3 is 19.3 Å². The zero-order valence-electron chi connectivity index (χ0n) is 14.0. The Bertz CT molecular complexity index is 572. The van der Waals surface area contributed by atoms with Crippen molar-refractivity contribution in [3.8, 4) is 0 Å². The number of hydrogen-bond acceptors (Lipinski definition) is 5. The van der Waals surface area contributed by atoms with E-state index in [0.717, 1.165) is 44.5 Å². The quantitative estimate of drug-likeness (QED) is 0.821. The first-order chi connectivity index (χ1) is 11.8. The third kappa shape index (κ3) is 3.13. The van der Waals surface area contributed by atoms with Gasteiger partial charge in [0.25, 0.3) is 5.91 Å². The largest absolute Gasteiger partial charge is 0.369 e. The standard InChI is InChI=1S/C18H25N3O3/c22-17(16-5-2-10-23-16)21-9-11-24-18(14-21)6-3-8-20(13-18)15-4-1-7-19-12-15/h1,4,7,12,16H,2-3,5-6,8-11,13-14H2/t16-,18?/m0/s1. The van der Waals surface area contributed by atoms with Crippen LogP contribution in [0.5, 0.6) is 0 Å². The van der Waals surface area contributed by atoms with E-state index in [1.807, 2.05) is 17.2 Å². The summed E-state index contributed by atoms with van der Waals surface area (Å²) in [5.41, 5.74) is 0.864. The molecule has 0 saturated carbocycles. The van der Waals surface area contributed by atoms with Crippen LogP contribution in [-0.2, 0) is 14.3 Å². The third-order valence-corrected chi connectivity index (χ3v) is 5.32. The Morgan fingerprint density at radius 1 is 1.25 bits per heavy atom. The highest BCUT2D eigenvalue weighted by molar-refractivity contribution is 5.81. The number of nitrogens with zero attached hydrogens (tertiary/aromatic N) is 3. The van der Waals surface area contributed by atoms with E-state index in [4.69, 9.17) is 9.47 Å². The van der Waals surface area contributed by atoms with Crippen LogP contribution in [0.15, 0.2) is 24.5 Å². The number of carbonyl (C=O) groups excluding carboxylic acids is 1. The number of pyridine rings is 1. The maximum absolute atomic E-state index is 12.7. The Morgan fingerprint density at radius 2 is 2.21 bits per heavy atom. The Hall–Kier alpha value is -1.66. The number of hydrogen-bond donors (Lipinski definition) is 0. The molecule has 2 atom stereocenters. The summed E-state index contributed by atoms with van der Waals surface area (Å²) in [5.74, 6) is 0.147. The van der Waals surface area contributed by atoms with E-state index in [1.165, 1.54) is 0 Å². The second kappa shape index (κ2) is 6.69. The van der Waals surface area contributed by atoms with Gasteiger partial charge in [-0.05, 0) is 37.8 Å². The van der Waals surface area contributed by atoms with E-state index in [2.05, 4.69) is 16.0 Å². The van der Waals surface area contributed by atoms with Gasteiger partial charge in [-0.2, -0.15) is 0 Å². The molecular weight excluding hydrogens is 306 g/mol. The first-order valence-corrected chi connectivity index (χ1v) is 8.95. The highest BCUT2D eigenvalue weighted by Crippen LogP contribution is 2.32. The lowest BCUT2D eigenvalue weighted by Crippen LogP contribution is -2.61. The molecular formula is C18H25N3O3. The normalized spacial score (nSPS) is 30.8. The van der Waals surface area contributed by atoms with Crippen LogP contribution in [0.25, 0.3) is 0 Å². The van der Waals surface area contributed by atoms with E-state index in [1.54, 1.807) is 6.20 Å². The predicted octanol–water partition coefficient (Wildman–Crippen LogP) is 1.46. The second-order valence-electron chi connectivity index (χ2n) is 7.03. The molecule has 1 aromatic rings. The Morgan fingerprint density at radius 3 is 3.00 bits per heavy atom. The lowest BCUT2D eigenvalue weighted by atomic mass is 9.90. The Kier molecular flexibility index (Phi) is 4.41. The molecule has 3 fully saturated rings. The van der Waals surface area contributed by atoms with E-state index >= 15 is 0 Å². The van der Waals surface area contributed by atoms with Crippen molar-refractivity contribution in [2.24, 2.45) is 0 Å². The summed E-state index contributed by atoms with van der Waals surface area (Å²) < 4.78 is 11.8. The fraction of sp³-hybridized carbons (Fsp3) is 0.667. The average Bonchev–Trinajstić information content (AvgIpc) is 3.17. The molecule has 6 heteroatoms. The second-order valence-corrected chi connectivity index (χ2v) is 7.03. The molecule has 0 aliphatic carbocycles. The van der Waals surface area contributed by atoms with Crippen molar-refractivity contribution < 1.29 is 14.3 Å². The number of piperidine rings is 1. The van der Waals surface area contributed by atoms with Gasteiger partial charge in [0.1, 0.15) is 11.7 Å². The molecule has 4 rings (SSSR count). The van der Waals surface area contributed by atoms with Crippen molar-refractivity contribution in [1.29, 1.82) is 0 Å². The summed E-state index contributed by atoms with van der Waals surface area (Å²) in [6.45, 7) is 4.49. The lowest BCUT2D eigenvalue weighted by molar-refractivity contribution is -0.160. The molecule has 1 amide bonds. The van der Waals surface area contributed by atoms with Gasteiger partial charge in [-0.25, -0.2) is 0 Å². The van der Waals surface area contributed by atoms with Crippen LogP contribution in [0.4, 0.5) is 5.69 Å². The average molecular weight is 331 g/mol. The molecule has 1 unspecified atom stereocenters. The molecule has 130 valence electrons. The van der Waals surface area contributed by atoms with Crippen molar-refractivity contribution >= 4 is 11.6 Å². The summed E-state index contributed by atoms with van der Waals surface area (Å²) >= 11 is 0. The summed E-state index contributed by atoms with van der Waals surface area (Å²) in [6, 6.07) is 4.05. The maximum Gasteiger partial charge on any atom is 0.251 e. The van der Waals surface area contributed by atoms with Gasteiger partial charge in [0.2, 0.25) is 0 Å². The Labute approximate surface area is 142 Å². The van der Waals surface area contributed by atoms with E-state index in [0.29, 0.717) is 26.3 Å². The molecule has 3 aliphatic rings. The molecule has 3 aliphatic heterocycles. The number of anilines is 1. The first kappa shape index (κ1) is 15.8. The van der Waals surface area contributed by atoms with Crippen molar-refractivity contribution in [1.82, 2.24) is 9.88 Å². The van der Waals surface area contributed by atoms with Crippen LogP contribution >= 0.6 is 0 Å². The number of aromatic nitrogens is 1. The molecule has 0 bridgehead atoms. The number of morpholine rings is 1. The summed E-state index contributed by atoms with van der Waals surface area (Å²) in [5, 5.41) is 0. The summed E-state index contributed by atoms with van der Waals surface area (Å²) in [7, 11) is 0. The number of rotatable bonds is 2. The van der Waals surface area contributed by atoms with E-state index < -0.39 is 0 Å². The topological polar surface area (TPSA) is 54.9 Å². The first-order valence-electron chi connectivity index (χ1n) is 8.95. The zero-order valence-corrected chi connectivity index (χ0v) is 14.0. The van der Waals surface area contributed by atoms with Crippen LogP contribution in [0.2, 0.25) is 0 Å². The molecule has 24 heavy (non-hydrogen) atoms. The minimum absolute atomic E-state index is 0.147. The van der Waals surface area contributed by atoms with Crippen molar-refractivity contribution in [3.63, 3.8) is 0 Å². The van der Waals surface area contributed by atoms with Gasteiger partial charge >= 0.3 is 0 Å². The van der Waals surface area contributed by atoms with Crippen LogP contribution < -0.4 is 4.90 Å². The summed E-state index contributed by atoms with van der Waals surface area (Å²) in [4.78, 5) is 21.2. The zero-order chi connectivity index (χ0) is 16.4. The minimum atomic E-state index is -0.263. The molecule has 1 aromatic heterocycles. The van der Waals surface area contributed by atoms with Gasteiger partial charge in [-0.3, -0.25) is 9.78 Å². The van der Waals surface area contributed by atoms with Crippen molar-refractivity contribution in [3.05, 3.63) is 24.5 Å². The predicted molar refractivity (Wildman–Crippen MR) is 89.9 cm³/mol. The molecule has 6 nitrogen and oxygen atoms in total. The van der Waals surface area contributed by atoms with Gasteiger partial charge in [-0.15, -0.1) is 0 Å². The molecule has 0 N–H and O–H groups in total. The smallest absolute Gasteiger partial charge is 0.251 e. The van der Waals surface area contributed by atoms with Crippen LogP contribution in [0.3, 0.4) is 0 Å². The molecule has 4 heterocycles. The molecule has 0 aromatic carbocycles. The maximum atomic E-state index is 12.7. The van der Waals surface area contributed by atoms with Crippen LogP contribution in [0.1, 0.15) is 25.7 Å². The van der Waals surface area contributed by atoms with Gasteiger partial charge in [0, 0.05) is 32.4 Å². The SMILES string of the molecule is O=C([C@@H]1CCCO1)N1CCOC2(CCCN(c3cccnc3)C2)C1. The Balaban J connectivity index is 1.46. The van der Waals surface area contributed by atoms with Gasteiger partial charge in [0.15, 0.2) is 0 Å². The number of carbonyl (C=O) groups is 1. The highest BCUT2D eigenvalue weighted by Gasteiger charge is 2.43. The van der Waals surface area contributed by atoms with Gasteiger partial charge in [0.05, 0.1) is 25.0 Å². The minimum Gasteiger partial charge on any atom is -0.369 e. The lowest BCUT2D eigenvalue weighted by Gasteiger charge is -2.48. The fourth-order valence-electron chi connectivity index (χ4n) is 4.12. The van der Waals surface area contributed by atoms with Crippen molar-refractivity contribution in [2.75, 3.05) is 44.3 Å². The fourth-order valence-corrected chi connectivity index (χ4v) is 4.12.